The van der Waals surface area contributed by atoms with Crippen molar-refractivity contribution in [2.45, 2.75) is 70.7 Å². The van der Waals surface area contributed by atoms with E-state index in [-0.39, 0.29) is 41.9 Å². The first-order chi connectivity index (χ1) is 14.8. The number of carbonyl (C=O) groups is 3. The molecule has 0 spiro atoms. The molecule has 0 aromatic carbocycles. The number of amides is 4. The average Bonchev–Trinajstić information content (AvgIpc) is 3.37. The van der Waals surface area contributed by atoms with Crippen LogP contribution in [0.3, 0.4) is 0 Å². The van der Waals surface area contributed by atoms with Gasteiger partial charge in [0.1, 0.15) is 11.0 Å². The Morgan fingerprint density at radius 1 is 1.23 bits per heavy atom. The maximum Gasteiger partial charge on any atom is 0.315 e. The Bertz CT molecular complexity index is 839. The first-order valence-electron chi connectivity index (χ1n) is 11.1. The van der Waals surface area contributed by atoms with E-state index in [0.717, 1.165) is 23.5 Å². The number of carbonyl (C=O) groups excluding carboxylic acids is 3. The minimum absolute atomic E-state index is 0.000682. The minimum atomic E-state index is -0.567. The van der Waals surface area contributed by atoms with E-state index in [0.29, 0.717) is 32.6 Å². The van der Waals surface area contributed by atoms with Crippen LogP contribution in [0.5, 0.6) is 0 Å². The monoisotopic (exact) mass is 448 g/mol. The Morgan fingerprint density at radius 3 is 2.65 bits per heavy atom. The predicted molar refractivity (Wildman–Crippen MR) is 117 cm³/mol. The van der Waals surface area contributed by atoms with Gasteiger partial charge in [0, 0.05) is 48.7 Å². The van der Waals surface area contributed by atoms with Gasteiger partial charge in [0.25, 0.3) is 0 Å². The van der Waals surface area contributed by atoms with Crippen molar-refractivity contribution in [3.8, 4) is 0 Å². The molecule has 9 nitrogen and oxygen atoms in total. The third-order valence-corrected chi connectivity index (χ3v) is 6.90. The molecule has 3 atom stereocenters. The molecule has 31 heavy (non-hydrogen) atoms. The molecule has 1 saturated carbocycles. The average molecular weight is 449 g/mol. The topological polar surface area (TPSA) is 107 Å². The summed E-state index contributed by atoms with van der Waals surface area (Å²) >= 11 is 1.62. The number of rotatable bonds is 6. The number of thiazole rings is 1. The van der Waals surface area contributed by atoms with E-state index in [1.807, 2.05) is 31.1 Å². The Labute approximate surface area is 186 Å². The van der Waals surface area contributed by atoms with Crippen molar-refractivity contribution in [2.24, 2.45) is 5.92 Å². The number of aryl methyl sites for hydroxylation is 1. The molecule has 1 aromatic rings. The van der Waals surface area contributed by atoms with Gasteiger partial charge in [-0.05, 0) is 40.0 Å². The fraction of sp³-hybridized carbons (Fsp3) is 0.714. The predicted octanol–water partition coefficient (Wildman–Crippen LogP) is 0.839. The van der Waals surface area contributed by atoms with Gasteiger partial charge in [-0.3, -0.25) is 14.5 Å². The summed E-state index contributed by atoms with van der Waals surface area (Å²) in [5.74, 6) is -0.0213. The highest BCUT2D eigenvalue weighted by Gasteiger charge is 2.44. The Kier molecular flexibility index (Phi) is 6.47. The van der Waals surface area contributed by atoms with Crippen LogP contribution in [0, 0.1) is 12.8 Å². The van der Waals surface area contributed by atoms with E-state index in [1.54, 1.807) is 11.3 Å². The summed E-state index contributed by atoms with van der Waals surface area (Å²) < 4.78 is 0. The Morgan fingerprint density at radius 2 is 2.00 bits per heavy atom. The second-order valence-corrected chi connectivity index (χ2v) is 10.2. The maximum atomic E-state index is 13.4. The number of aromatic nitrogens is 1. The summed E-state index contributed by atoms with van der Waals surface area (Å²) in [5.41, 5.74) is 0.993. The first kappa shape index (κ1) is 22.0. The van der Waals surface area contributed by atoms with Crippen molar-refractivity contribution in [3.63, 3.8) is 0 Å². The van der Waals surface area contributed by atoms with E-state index >= 15 is 0 Å². The molecular weight excluding hydrogens is 416 g/mol. The lowest BCUT2D eigenvalue weighted by molar-refractivity contribution is -0.136. The molecule has 0 bridgehead atoms. The summed E-state index contributed by atoms with van der Waals surface area (Å²) in [4.78, 5) is 46.6. The fourth-order valence-electron chi connectivity index (χ4n) is 4.40. The van der Waals surface area contributed by atoms with E-state index in [4.69, 9.17) is 0 Å². The fourth-order valence-corrected chi connectivity index (χ4v) is 5.21. The Balaban J connectivity index is 1.47. The molecule has 1 aliphatic carbocycles. The molecule has 1 aromatic heterocycles. The third-order valence-electron chi connectivity index (χ3n) is 5.95. The van der Waals surface area contributed by atoms with Gasteiger partial charge in [0.05, 0.1) is 12.6 Å². The largest absolute Gasteiger partial charge is 0.343 e. The van der Waals surface area contributed by atoms with Crippen molar-refractivity contribution in [1.82, 2.24) is 30.7 Å². The third kappa shape index (κ3) is 5.54. The molecule has 10 heteroatoms. The maximum absolute atomic E-state index is 13.4. The molecular formula is C21H32N6O3S. The lowest BCUT2D eigenvalue weighted by Crippen LogP contribution is -2.52. The molecule has 2 saturated heterocycles. The van der Waals surface area contributed by atoms with Crippen LogP contribution >= 0.6 is 11.3 Å². The van der Waals surface area contributed by atoms with Crippen LogP contribution in [0.4, 0.5) is 4.79 Å². The number of nitrogens with one attached hydrogen (secondary N) is 3. The molecule has 0 radical (unpaired) electrons. The van der Waals surface area contributed by atoms with Gasteiger partial charge in [0.15, 0.2) is 0 Å². The molecule has 4 rings (SSSR count). The zero-order chi connectivity index (χ0) is 22.1. The smallest absolute Gasteiger partial charge is 0.315 e. The summed E-state index contributed by atoms with van der Waals surface area (Å²) in [5, 5.41) is 11.9. The second kappa shape index (κ2) is 9.12. The van der Waals surface area contributed by atoms with E-state index in [1.165, 1.54) is 0 Å². The van der Waals surface area contributed by atoms with Crippen LogP contribution in [0.1, 0.15) is 43.8 Å². The van der Waals surface area contributed by atoms with Gasteiger partial charge in [-0.1, -0.05) is 0 Å². The zero-order valence-corrected chi connectivity index (χ0v) is 19.2. The highest BCUT2D eigenvalue weighted by atomic mass is 32.1. The van der Waals surface area contributed by atoms with Crippen LogP contribution < -0.4 is 16.0 Å². The van der Waals surface area contributed by atoms with E-state index in [2.05, 4.69) is 25.8 Å². The minimum Gasteiger partial charge on any atom is -0.343 e. The number of urea groups is 1. The molecule has 2 aliphatic heterocycles. The summed E-state index contributed by atoms with van der Waals surface area (Å²) in [6, 6.07) is -0.829. The lowest BCUT2D eigenvalue weighted by atomic mass is 10.1. The van der Waals surface area contributed by atoms with Gasteiger partial charge in [-0.15, -0.1) is 11.3 Å². The summed E-state index contributed by atoms with van der Waals surface area (Å²) in [6.07, 6.45) is 2.50. The van der Waals surface area contributed by atoms with E-state index < -0.39 is 6.04 Å². The highest BCUT2D eigenvalue weighted by molar-refractivity contribution is 7.09. The van der Waals surface area contributed by atoms with Crippen LogP contribution in [-0.4, -0.2) is 76.4 Å². The number of hydrogen-bond donors (Lipinski definition) is 3. The van der Waals surface area contributed by atoms with Crippen molar-refractivity contribution in [2.75, 3.05) is 19.6 Å². The van der Waals surface area contributed by atoms with Crippen LogP contribution in [0.15, 0.2) is 5.38 Å². The van der Waals surface area contributed by atoms with Crippen LogP contribution in [0.25, 0.3) is 0 Å². The van der Waals surface area contributed by atoms with Crippen LogP contribution in [-0.2, 0) is 16.1 Å². The summed E-state index contributed by atoms with van der Waals surface area (Å²) in [7, 11) is 0. The molecule has 3 heterocycles. The number of nitrogens with zero attached hydrogens (tertiary/aromatic N) is 3. The number of hydrogen-bond acceptors (Lipinski definition) is 6. The van der Waals surface area contributed by atoms with Crippen molar-refractivity contribution in [3.05, 3.63) is 16.1 Å². The zero-order valence-electron chi connectivity index (χ0n) is 18.4. The van der Waals surface area contributed by atoms with Gasteiger partial charge in [-0.25, -0.2) is 9.78 Å². The van der Waals surface area contributed by atoms with Gasteiger partial charge >= 0.3 is 6.03 Å². The molecule has 3 fully saturated rings. The van der Waals surface area contributed by atoms with Gasteiger partial charge < -0.3 is 20.9 Å². The highest BCUT2D eigenvalue weighted by Crippen LogP contribution is 2.30. The number of fused-ring (bicyclic) bond motifs is 1. The van der Waals surface area contributed by atoms with Gasteiger partial charge in [-0.2, -0.15) is 0 Å². The van der Waals surface area contributed by atoms with Crippen molar-refractivity contribution >= 4 is 29.2 Å². The molecule has 3 N–H and O–H groups in total. The van der Waals surface area contributed by atoms with Gasteiger partial charge in [0.2, 0.25) is 11.8 Å². The van der Waals surface area contributed by atoms with Crippen molar-refractivity contribution in [1.29, 1.82) is 0 Å². The first-order valence-corrected chi connectivity index (χ1v) is 12.0. The molecule has 4 amide bonds. The normalized spacial score (nSPS) is 26.5. The standard InChI is InChI=1S/C21H32N6O3S/c1-12(2)22-21(30)24-15-6-16-8-26(10-18-23-13(3)11-31-18)9-17(20(29)27(16)7-15)25-19(28)14-4-5-14/h11-12,14-17H,4-10H2,1-3H3,(H,25,28)(H2,22,24,30)/t15-,16-,17-/m0/s1. The SMILES string of the molecule is Cc1csc(CN2C[C@@H]3C[C@H](NC(=O)NC(C)C)CN3C(=O)[C@@H](NC(=O)C3CC3)C2)n1. The summed E-state index contributed by atoms with van der Waals surface area (Å²) in [6.45, 7) is 8.10. The Hall–Kier alpha value is -2.20. The van der Waals surface area contributed by atoms with E-state index in [9.17, 15) is 14.4 Å². The lowest BCUT2D eigenvalue weighted by Gasteiger charge is -2.24. The van der Waals surface area contributed by atoms with Crippen molar-refractivity contribution < 1.29 is 14.4 Å². The molecule has 0 unspecified atom stereocenters. The molecule has 170 valence electrons. The van der Waals surface area contributed by atoms with Crippen LogP contribution in [0.2, 0.25) is 0 Å². The molecule has 3 aliphatic rings. The quantitative estimate of drug-likeness (QED) is 0.598. The second-order valence-electron chi connectivity index (χ2n) is 9.26.